The van der Waals surface area contributed by atoms with Crippen LogP contribution in [0.2, 0.25) is 0 Å². The molecule has 0 saturated carbocycles. The third-order valence-corrected chi connectivity index (χ3v) is 4.71. The molecule has 3 unspecified atom stereocenters. The molecule has 0 aromatic carbocycles. The van der Waals surface area contributed by atoms with E-state index in [4.69, 9.17) is 0 Å². The van der Waals surface area contributed by atoms with Crippen molar-refractivity contribution in [2.45, 2.75) is 60.0 Å². The highest BCUT2D eigenvalue weighted by molar-refractivity contribution is 5.80. The highest BCUT2D eigenvalue weighted by Crippen LogP contribution is 2.45. The fraction of sp³-hybridized carbons (Fsp3) is 0.800. The predicted octanol–water partition coefficient (Wildman–Crippen LogP) is 3.35. The Balaban J connectivity index is 2.59. The summed E-state index contributed by atoms with van der Waals surface area (Å²) in [6.45, 7) is 10.3. The van der Waals surface area contributed by atoms with Crippen molar-refractivity contribution in [3.63, 3.8) is 0 Å². The lowest BCUT2D eigenvalue weighted by atomic mass is 9.74. The van der Waals surface area contributed by atoms with Gasteiger partial charge in [-0.1, -0.05) is 39.3 Å². The first kappa shape index (κ1) is 14.4. The van der Waals surface area contributed by atoms with E-state index in [9.17, 15) is 9.90 Å². The van der Waals surface area contributed by atoms with Gasteiger partial charge in [0, 0.05) is 12.3 Å². The number of hydrogen-bond acceptors (Lipinski definition) is 2. The number of Topliss-reactive ketones (excluding diaryl/α,β-unsaturated/α-hetero) is 1. The number of aliphatic hydroxyl groups excluding tert-OH is 1. The van der Waals surface area contributed by atoms with Crippen LogP contribution in [0.3, 0.4) is 0 Å². The Hall–Kier alpha value is -0.630. The zero-order valence-electron chi connectivity index (χ0n) is 11.8. The van der Waals surface area contributed by atoms with Gasteiger partial charge in [-0.15, -0.1) is 0 Å². The first-order valence-corrected chi connectivity index (χ1v) is 6.68. The van der Waals surface area contributed by atoms with Gasteiger partial charge in [-0.2, -0.15) is 0 Å². The summed E-state index contributed by atoms with van der Waals surface area (Å²) in [6.07, 6.45) is 4.05. The Kier molecular flexibility index (Phi) is 4.54. The monoisotopic (exact) mass is 238 g/mol. The number of ketones is 1. The molecule has 98 valence electrons. The minimum atomic E-state index is -0.494. The molecule has 0 aromatic heterocycles. The summed E-state index contributed by atoms with van der Waals surface area (Å²) in [5.41, 5.74) is 1.57. The molecule has 0 heterocycles. The standard InChI is InChI=1S/C15H26O2/c1-6-13(16)11(3)14(17)9-12-8-7-10(2)15(12,4)5/h7,11-12,14,17H,6,8-9H2,1-5H3. The quantitative estimate of drug-likeness (QED) is 0.746. The van der Waals surface area contributed by atoms with Crippen LogP contribution < -0.4 is 0 Å². The van der Waals surface area contributed by atoms with Crippen LogP contribution in [0.5, 0.6) is 0 Å². The van der Waals surface area contributed by atoms with Crippen LogP contribution in [0.25, 0.3) is 0 Å². The van der Waals surface area contributed by atoms with E-state index in [0.29, 0.717) is 12.3 Å². The van der Waals surface area contributed by atoms with E-state index in [-0.39, 0.29) is 17.1 Å². The maximum absolute atomic E-state index is 11.6. The van der Waals surface area contributed by atoms with Gasteiger partial charge in [0.1, 0.15) is 5.78 Å². The zero-order valence-corrected chi connectivity index (χ0v) is 11.8. The van der Waals surface area contributed by atoms with Crippen LogP contribution in [0, 0.1) is 17.3 Å². The summed E-state index contributed by atoms with van der Waals surface area (Å²) in [5, 5.41) is 10.2. The first-order chi connectivity index (χ1) is 7.80. The van der Waals surface area contributed by atoms with E-state index in [2.05, 4.69) is 26.8 Å². The van der Waals surface area contributed by atoms with Crippen molar-refractivity contribution >= 4 is 5.78 Å². The first-order valence-electron chi connectivity index (χ1n) is 6.68. The van der Waals surface area contributed by atoms with Gasteiger partial charge in [-0.3, -0.25) is 4.79 Å². The van der Waals surface area contributed by atoms with E-state index < -0.39 is 6.10 Å². The lowest BCUT2D eigenvalue weighted by molar-refractivity contribution is -0.125. The van der Waals surface area contributed by atoms with E-state index in [1.807, 2.05) is 13.8 Å². The van der Waals surface area contributed by atoms with Crippen molar-refractivity contribution in [2.24, 2.45) is 17.3 Å². The summed E-state index contributed by atoms with van der Waals surface area (Å²) >= 11 is 0. The molecular weight excluding hydrogens is 212 g/mol. The SMILES string of the molecule is CCC(=O)C(C)C(O)CC1CC=C(C)C1(C)C. The number of hydrogen-bond donors (Lipinski definition) is 1. The molecule has 0 radical (unpaired) electrons. The number of aliphatic hydroxyl groups is 1. The van der Waals surface area contributed by atoms with E-state index in [0.717, 1.165) is 12.8 Å². The predicted molar refractivity (Wildman–Crippen MR) is 70.7 cm³/mol. The van der Waals surface area contributed by atoms with Crippen LogP contribution in [0.1, 0.15) is 53.9 Å². The Morgan fingerprint density at radius 3 is 2.59 bits per heavy atom. The molecule has 0 saturated heterocycles. The van der Waals surface area contributed by atoms with E-state index in [1.54, 1.807) is 0 Å². The van der Waals surface area contributed by atoms with Crippen LogP contribution in [-0.2, 0) is 4.79 Å². The molecular formula is C15H26O2. The average molecular weight is 238 g/mol. The largest absolute Gasteiger partial charge is 0.392 e. The van der Waals surface area contributed by atoms with Crippen molar-refractivity contribution in [1.29, 1.82) is 0 Å². The van der Waals surface area contributed by atoms with Gasteiger partial charge in [0.15, 0.2) is 0 Å². The van der Waals surface area contributed by atoms with Crippen LogP contribution >= 0.6 is 0 Å². The maximum atomic E-state index is 11.6. The van der Waals surface area contributed by atoms with Gasteiger partial charge >= 0.3 is 0 Å². The van der Waals surface area contributed by atoms with Gasteiger partial charge in [0.05, 0.1) is 6.10 Å². The van der Waals surface area contributed by atoms with Crippen LogP contribution in [0.4, 0.5) is 0 Å². The third-order valence-electron chi connectivity index (χ3n) is 4.71. The molecule has 2 nitrogen and oxygen atoms in total. The summed E-state index contributed by atoms with van der Waals surface area (Å²) < 4.78 is 0. The Morgan fingerprint density at radius 2 is 2.18 bits per heavy atom. The number of carbonyl (C=O) groups excluding carboxylic acids is 1. The van der Waals surface area contributed by atoms with E-state index >= 15 is 0 Å². The molecule has 1 rings (SSSR count). The second-order valence-electron chi connectivity index (χ2n) is 5.95. The summed E-state index contributed by atoms with van der Waals surface area (Å²) in [4.78, 5) is 11.6. The average Bonchev–Trinajstić information content (AvgIpc) is 2.53. The lowest BCUT2D eigenvalue weighted by Gasteiger charge is -2.32. The van der Waals surface area contributed by atoms with Crippen molar-refractivity contribution in [1.82, 2.24) is 0 Å². The minimum Gasteiger partial charge on any atom is -0.392 e. The molecule has 0 aromatic rings. The smallest absolute Gasteiger partial charge is 0.138 e. The van der Waals surface area contributed by atoms with Gasteiger partial charge in [-0.25, -0.2) is 0 Å². The molecule has 1 N–H and O–H groups in total. The molecule has 2 heteroatoms. The molecule has 3 atom stereocenters. The van der Waals surface area contributed by atoms with Crippen molar-refractivity contribution in [3.05, 3.63) is 11.6 Å². The zero-order chi connectivity index (χ0) is 13.2. The van der Waals surface area contributed by atoms with Gasteiger partial charge in [-0.05, 0) is 31.1 Å². The van der Waals surface area contributed by atoms with E-state index in [1.165, 1.54) is 5.57 Å². The molecule has 1 aliphatic rings. The Bertz CT molecular complexity index is 315. The van der Waals surface area contributed by atoms with Gasteiger partial charge in [0.2, 0.25) is 0 Å². The van der Waals surface area contributed by atoms with Crippen molar-refractivity contribution in [3.8, 4) is 0 Å². The molecule has 0 bridgehead atoms. The highest BCUT2D eigenvalue weighted by atomic mass is 16.3. The number of allylic oxidation sites excluding steroid dienone is 2. The highest BCUT2D eigenvalue weighted by Gasteiger charge is 2.37. The molecule has 1 aliphatic carbocycles. The molecule has 0 amide bonds. The summed E-state index contributed by atoms with van der Waals surface area (Å²) in [6, 6.07) is 0. The topological polar surface area (TPSA) is 37.3 Å². The maximum Gasteiger partial charge on any atom is 0.138 e. The van der Waals surface area contributed by atoms with Crippen molar-refractivity contribution < 1.29 is 9.90 Å². The molecule has 0 fully saturated rings. The lowest BCUT2D eigenvalue weighted by Crippen LogP contribution is -2.31. The Morgan fingerprint density at radius 1 is 1.59 bits per heavy atom. The third kappa shape index (κ3) is 2.98. The number of carbonyl (C=O) groups is 1. The fourth-order valence-corrected chi connectivity index (χ4v) is 2.62. The van der Waals surface area contributed by atoms with Crippen molar-refractivity contribution in [2.75, 3.05) is 0 Å². The second-order valence-corrected chi connectivity index (χ2v) is 5.95. The molecule has 0 aliphatic heterocycles. The number of rotatable bonds is 5. The second kappa shape index (κ2) is 5.34. The Labute approximate surface area is 105 Å². The van der Waals surface area contributed by atoms with Gasteiger partial charge in [0.25, 0.3) is 0 Å². The summed E-state index contributed by atoms with van der Waals surface area (Å²) in [5.74, 6) is 0.402. The normalized spacial score (nSPS) is 26.5. The fourth-order valence-electron chi connectivity index (χ4n) is 2.62. The van der Waals surface area contributed by atoms with Crippen LogP contribution in [0.15, 0.2) is 11.6 Å². The molecule has 17 heavy (non-hydrogen) atoms. The minimum absolute atomic E-state index is 0.163. The summed E-state index contributed by atoms with van der Waals surface area (Å²) in [7, 11) is 0. The van der Waals surface area contributed by atoms with Crippen LogP contribution in [-0.4, -0.2) is 17.0 Å². The molecule has 0 spiro atoms. The van der Waals surface area contributed by atoms with Gasteiger partial charge < -0.3 is 5.11 Å².